The molecule has 0 saturated carbocycles. The third-order valence-electron chi connectivity index (χ3n) is 8.12. The fraction of sp³-hybridized carbons (Fsp3) is 0.500. The largest absolute Gasteiger partial charge is 0.508 e. The zero-order valence-electron chi connectivity index (χ0n) is 19.9. The number of amides is 1. The van der Waals surface area contributed by atoms with Crippen molar-refractivity contribution >= 4 is 16.8 Å². The Morgan fingerprint density at radius 3 is 2.76 bits per heavy atom. The van der Waals surface area contributed by atoms with Crippen molar-refractivity contribution in [2.45, 2.75) is 55.9 Å². The monoisotopic (exact) mass is 514 g/mol. The van der Waals surface area contributed by atoms with Crippen LogP contribution in [-0.4, -0.2) is 91.5 Å². The average molecular weight is 515 g/mol. The topological polar surface area (TPSA) is 165 Å². The Morgan fingerprint density at radius 2 is 2.00 bits per heavy atom. The zero-order valence-corrected chi connectivity index (χ0v) is 19.9. The Kier molecular flexibility index (Phi) is 6.02. The van der Waals surface area contributed by atoms with E-state index in [1.54, 1.807) is 18.2 Å². The zero-order chi connectivity index (χ0) is 26.0. The maximum absolute atomic E-state index is 13.5. The lowest BCUT2D eigenvalue weighted by molar-refractivity contribution is -0.339. The number of aromatic nitrogens is 1. The molecule has 0 aliphatic carbocycles. The van der Waals surface area contributed by atoms with Gasteiger partial charge in [0.25, 0.3) is 5.91 Å². The Labute approximate surface area is 212 Å². The number of hydrogen-bond acceptors (Lipinski definition) is 9. The molecule has 1 aromatic carbocycles. The Morgan fingerprint density at radius 1 is 1.19 bits per heavy atom. The number of carbonyl (C=O) groups excluding carboxylic acids is 1. The van der Waals surface area contributed by atoms with Gasteiger partial charge in [-0.2, -0.15) is 0 Å². The number of nitrogens with zero attached hydrogens (tertiary/aromatic N) is 1. The van der Waals surface area contributed by atoms with Gasteiger partial charge < -0.3 is 49.6 Å². The first-order valence-electron chi connectivity index (χ1n) is 12.4. The SMILES string of the molecule is C=C[C@@H]1[C@H](O[C@@H]2O[C@H](CO)[C@@H](O)[C@H](O)[C@H]2O)OC=C2C(=O)N3CCc4c([nH]c5ccc(O)cc45)[C@H]3C[C@H]21. The summed E-state index contributed by atoms with van der Waals surface area (Å²) in [6.07, 6.45) is -3.90. The minimum Gasteiger partial charge on any atom is -0.508 e. The molecule has 6 N–H and O–H groups in total. The first-order valence-corrected chi connectivity index (χ1v) is 12.4. The van der Waals surface area contributed by atoms with Crippen LogP contribution < -0.4 is 0 Å². The molecule has 11 heteroatoms. The molecule has 2 aromatic rings. The lowest BCUT2D eigenvalue weighted by Gasteiger charge is -2.48. The lowest BCUT2D eigenvalue weighted by Crippen LogP contribution is -2.60. The number of rotatable bonds is 4. The van der Waals surface area contributed by atoms with Crippen LogP contribution in [0.2, 0.25) is 0 Å². The van der Waals surface area contributed by atoms with Crippen molar-refractivity contribution in [2.75, 3.05) is 13.2 Å². The number of phenolic OH excluding ortho intramolecular Hbond substituents is 1. The highest BCUT2D eigenvalue weighted by Crippen LogP contribution is 2.48. The van der Waals surface area contributed by atoms with Gasteiger partial charge in [-0.3, -0.25) is 4.79 Å². The molecule has 2 saturated heterocycles. The fourth-order valence-electron chi connectivity index (χ4n) is 6.17. The highest BCUT2D eigenvalue weighted by molar-refractivity contribution is 5.96. The first-order chi connectivity index (χ1) is 17.8. The molecule has 4 aliphatic rings. The number of H-pyrrole nitrogens is 1. The summed E-state index contributed by atoms with van der Waals surface area (Å²) in [5.74, 6) is -0.740. The highest BCUT2D eigenvalue weighted by atomic mass is 16.8. The quantitative estimate of drug-likeness (QED) is 0.312. The normalized spacial score (nSPS) is 37.3. The number of aliphatic hydroxyl groups excluding tert-OH is 4. The number of aromatic hydroxyl groups is 1. The Hall–Kier alpha value is -2.93. The van der Waals surface area contributed by atoms with E-state index in [0.29, 0.717) is 25.0 Å². The molecule has 4 aliphatic heterocycles. The fourth-order valence-corrected chi connectivity index (χ4v) is 6.17. The van der Waals surface area contributed by atoms with Crippen LogP contribution in [0.5, 0.6) is 5.75 Å². The van der Waals surface area contributed by atoms with Gasteiger partial charge >= 0.3 is 0 Å². The van der Waals surface area contributed by atoms with E-state index in [-0.39, 0.29) is 23.6 Å². The second-order valence-corrected chi connectivity index (χ2v) is 10.1. The summed E-state index contributed by atoms with van der Waals surface area (Å²) in [5, 5.41) is 51.0. The minimum absolute atomic E-state index is 0.133. The van der Waals surface area contributed by atoms with Gasteiger partial charge in [-0.15, -0.1) is 6.58 Å². The number of benzene rings is 1. The highest BCUT2D eigenvalue weighted by Gasteiger charge is 2.51. The molecule has 37 heavy (non-hydrogen) atoms. The number of piperidine rings is 1. The van der Waals surface area contributed by atoms with Crippen molar-refractivity contribution < 1.29 is 44.5 Å². The smallest absolute Gasteiger partial charge is 0.253 e. The number of fused-ring (bicyclic) bond motifs is 6. The molecule has 6 rings (SSSR count). The molecule has 9 atom stereocenters. The van der Waals surface area contributed by atoms with Gasteiger partial charge in [0.05, 0.1) is 24.5 Å². The third-order valence-corrected chi connectivity index (χ3v) is 8.12. The minimum atomic E-state index is -1.58. The van der Waals surface area contributed by atoms with Crippen molar-refractivity contribution in [1.82, 2.24) is 9.88 Å². The third kappa shape index (κ3) is 3.77. The predicted molar refractivity (Wildman–Crippen MR) is 128 cm³/mol. The summed E-state index contributed by atoms with van der Waals surface area (Å²) in [7, 11) is 0. The van der Waals surface area contributed by atoms with E-state index in [4.69, 9.17) is 14.2 Å². The van der Waals surface area contributed by atoms with Gasteiger partial charge in [-0.1, -0.05) is 6.08 Å². The summed E-state index contributed by atoms with van der Waals surface area (Å²) in [5.41, 5.74) is 3.44. The van der Waals surface area contributed by atoms with Crippen molar-refractivity contribution in [1.29, 1.82) is 0 Å². The Bertz CT molecular complexity index is 1260. The van der Waals surface area contributed by atoms with Gasteiger partial charge in [0, 0.05) is 35.0 Å². The predicted octanol–water partition coefficient (Wildman–Crippen LogP) is 0.178. The molecule has 5 heterocycles. The average Bonchev–Trinajstić information content (AvgIpc) is 3.27. The second-order valence-electron chi connectivity index (χ2n) is 10.1. The lowest BCUT2D eigenvalue weighted by atomic mass is 9.74. The van der Waals surface area contributed by atoms with Gasteiger partial charge in [0.2, 0.25) is 6.29 Å². The van der Waals surface area contributed by atoms with Crippen molar-refractivity contribution in [3.8, 4) is 5.75 Å². The maximum Gasteiger partial charge on any atom is 0.253 e. The van der Waals surface area contributed by atoms with Gasteiger partial charge in [0.1, 0.15) is 30.2 Å². The van der Waals surface area contributed by atoms with Gasteiger partial charge in [0.15, 0.2) is 6.29 Å². The van der Waals surface area contributed by atoms with E-state index < -0.39 is 49.5 Å². The second kappa shape index (κ2) is 9.12. The number of nitrogens with one attached hydrogen (secondary N) is 1. The Balaban J connectivity index is 1.29. The molecule has 0 bridgehead atoms. The van der Waals surface area contributed by atoms with Crippen molar-refractivity contribution in [3.05, 3.63) is 53.9 Å². The van der Waals surface area contributed by atoms with Crippen LogP contribution in [0.25, 0.3) is 10.9 Å². The number of carbonyl (C=O) groups is 1. The number of ether oxygens (including phenoxy) is 3. The summed E-state index contributed by atoms with van der Waals surface area (Å²) in [4.78, 5) is 18.8. The number of aromatic amines is 1. The van der Waals surface area contributed by atoms with Crippen LogP contribution >= 0.6 is 0 Å². The number of phenols is 1. The van der Waals surface area contributed by atoms with E-state index in [0.717, 1.165) is 22.2 Å². The van der Waals surface area contributed by atoms with Crippen LogP contribution in [-0.2, 0) is 25.4 Å². The molecule has 0 radical (unpaired) electrons. The van der Waals surface area contributed by atoms with Crippen LogP contribution in [0.15, 0.2) is 42.7 Å². The van der Waals surface area contributed by atoms with Crippen LogP contribution in [0.1, 0.15) is 23.7 Å². The molecule has 0 spiro atoms. The summed E-state index contributed by atoms with van der Waals surface area (Å²) >= 11 is 0. The molecule has 1 aromatic heterocycles. The van der Waals surface area contributed by atoms with Gasteiger partial charge in [-0.25, -0.2) is 0 Å². The van der Waals surface area contributed by atoms with E-state index in [9.17, 15) is 30.3 Å². The standard InChI is InChI=1S/C26H30N2O9/c1-2-12-14-8-18-20-13(15-7-11(30)3-4-17(15)27-20)5-6-28(18)24(34)16(14)10-35-25(12)37-26-23(33)22(32)21(31)19(9-29)36-26/h2-4,7,10,12,14,18-19,21-23,25-27,29-33H,1,5-6,8-9H2/t12-,14-,18+,19+,21+,22-,23+,25-,26-/m0/s1. The molecule has 11 nitrogen and oxygen atoms in total. The van der Waals surface area contributed by atoms with Crippen LogP contribution in [0.3, 0.4) is 0 Å². The van der Waals surface area contributed by atoms with E-state index in [2.05, 4.69) is 11.6 Å². The van der Waals surface area contributed by atoms with Crippen molar-refractivity contribution in [2.24, 2.45) is 11.8 Å². The summed E-state index contributed by atoms with van der Waals surface area (Å²) in [6.45, 7) is 3.89. The molecular formula is C26H30N2O9. The number of aliphatic hydroxyl groups is 4. The molecule has 1 amide bonds. The molecular weight excluding hydrogens is 484 g/mol. The van der Waals surface area contributed by atoms with Crippen LogP contribution in [0.4, 0.5) is 0 Å². The number of hydrogen-bond donors (Lipinski definition) is 6. The molecule has 0 unspecified atom stereocenters. The van der Waals surface area contributed by atoms with Crippen LogP contribution in [0, 0.1) is 11.8 Å². The molecule has 198 valence electrons. The van der Waals surface area contributed by atoms with E-state index >= 15 is 0 Å². The summed E-state index contributed by atoms with van der Waals surface area (Å²) < 4.78 is 17.2. The first kappa shape index (κ1) is 24.4. The summed E-state index contributed by atoms with van der Waals surface area (Å²) in [6, 6.07) is 4.97. The molecule has 2 fully saturated rings. The van der Waals surface area contributed by atoms with E-state index in [1.165, 1.54) is 6.26 Å². The van der Waals surface area contributed by atoms with Crippen molar-refractivity contribution in [3.63, 3.8) is 0 Å². The van der Waals surface area contributed by atoms with E-state index in [1.807, 2.05) is 11.0 Å². The maximum atomic E-state index is 13.5. The van der Waals surface area contributed by atoms with Gasteiger partial charge in [-0.05, 0) is 36.6 Å².